The van der Waals surface area contributed by atoms with Crippen LogP contribution in [-0.2, 0) is 16.2 Å². The zero-order chi connectivity index (χ0) is 16.5. The van der Waals surface area contributed by atoms with Gasteiger partial charge in [0.15, 0.2) is 0 Å². The van der Waals surface area contributed by atoms with Crippen molar-refractivity contribution in [3.8, 4) is 5.75 Å². The van der Waals surface area contributed by atoms with Crippen molar-refractivity contribution in [3.05, 3.63) is 60.2 Å². The quantitative estimate of drug-likeness (QED) is 0.702. The Labute approximate surface area is 134 Å². The van der Waals surface area contributed by atoms with Gasteiger partial charge in [0, 0.05) is 12.2 Å². The van der Waals surface area contributed by atoms with E-state index in [0.29, 0.717) is 18.0 Å². The van der Waals surface area contributed by atoms with Crippen molar-refractivity contribution >= 4 is 17.5 Å². The van der Waals surface area contributed by atoms with E-state index in [0.717, 1.165) is 5.56 Å². The normalized spacial score (nSPS) is 9.96. The van der Waals surface area contributed by atoms with Crippen LogP contribution in [0, 0.1) is 0 Å². The summed E-state index contributed by atoms with van der Waals surface area (Å²) in [5, 5.41) is 13.3. The Balaban J connectivity index is 1.84. The molecule has 2 rings (SSSR count). The Morgan fingerprint density at radius 1 is 0.957 bits per heavy atom. The molecule has 0 saturated carbocycles. The van der Waals surface area contributed by atoms with Crippen LogP contribution in [-0.4, -0.2) is 30.1 Å². The van der Waals surface area contributed by atoms with Crippen molar-refractivity contribution in [2.45, 2.75) is 6.61 Å². The summed E-state index contributed by atoms with van der Waals surface area (Å²) in [6.45, 7) is 0.279. The molecule has 3 N–H and O–H groups in total. The third-order valence-corrected chi connectivity index (χ3v) is 2.96. The van der Waals surface area contributed by atoms with E-state index in [4.69, 9.17) is 9.84 Å². The molecular weight excluding hydrogens is 296 g/mol. The van der Waals surface area contributed by atoms with Crippen molar-refractivity contribution in [2.24, 2.45) is 0 Å². The van der Waals surface area contributed by atoms with Gasteiger partial charge < -0.3 is 20.5 Å². The first-order chi connectivity index (χ1) is 11.2. The van der Waals surface area contributed by atoms with Crippen molar-refractivity contribution in [1.29, 1.82) is 0 Å². The van der Waals surface area contributed by atoms with Crippen LogP contribution in [0.4, 0.5) is 5.69 Å². The third kappa shape index (κ3) is 5.44. The van der Waals surface area contributed by atoms with Gasteiger partial charge in [-0.05, 0) is 29.8 Å². The smallest absolute Gasteiger partial charge is 0.313 e. The highest BCUT2D eigenvalue weighted by atomic mass is 16.5. The predicted molar refractivity (Wildman–Crippen MR) is 85.9 cm³/mol. The van der Waals surface area contributed by atoms with Crippen molar-refractivity contribution < 1.29 is 19.4 Å². The van der Waals surface area contributed by atoms with Crippen LogP contribution < -0.4 is 15.4 Å². The Morgan fingerprint density at radius 2 is 1.65 bits per heavy atom. The number of aliphatic hydroxyl groups excluding tert-OH is 1. The molecule has 0 aliphatic heterocycles. The Hall–Kier alpha value is -2.86. The van der Waals surface area contributed by atoms with E-state index in [1.165, 1.54) is 0 Å². The molecule has 0 aromatic heterocycles. The fraction of sp³-hybridized carbons (Fsp3) is 0.176. The number of hydrogen-bond donors (Lipinski definition) is 3. The minimum atomic E-state index is -0.788. The predicted octanol–water partition coefficient (Wildman–Crippen LogP) is 1.31. The molecule has 0 bridgehead atoms. The Bertz CT molecular complexity index is 641. The molecule has 120 valence electrons. The summed E-state index contributed by atoms with van der Waals surface area (Å²) in [5.41, 5.74) is 1.55. The highest BCUT2D eigenvalue weighted by Crippen LogP contribution is 2.17. The molecule has 0 fully saturated rings. The van der Waals surface area contributed by atoms with Crippen LogP contribution in [0.1, 0.15) is 5.56 Å². The number of amides is 2. The number of ether oxygens (including phenoxy) is 1. The standard InChI is InChI=1S/C17H18N2O4/c20-11-10-18-16(21)17(22)19-14-6-8-15(9-7-14)23-12-13-4-2-1-3-5-13/h1-9,20H,10-12H2,(H,18,21)(H,19,22). The molecule has 0 aliphatic carbocycles. The van der Waals surface area contributed by atoms with Crippen LogP contribution in [0.3, 0.4) is 0 Å². The molecule has 0 atom stereocenters. The molecule has 23 heavy (non-hydrogen) atoms. The number of anilines is 1. The van der Waals surface area contributed by atoms with E-state index in [9.17, 15) is 9.59 Å². The lowest BCUT2D eigenvalue weighted by Crippen LogP contribution is -2.36. The lowest BCUT2D eigenvalue weighted by molar-refractivity contribution is -0.136. The highest BCUT2D eigenvalue weighted by Gasteiger charge is 2.12. The van der Waals surface area contributed by atoms with Gasteiger partial charge in [-0.25, -0.2) is 0 Å². The summed E-state index contributed by atoms with van der Waals surface area (Å²) in [5.74, 6) is -0.906. The van der Waals surface area contributed by atoms with Gasteiger partial charge in [0.2, 0.25) is 0 Å². The van der Waals surface area contributed by atoms with Gasteiger partial charge in [0.1, 0.15) is 12.4 Å². The summed E-state index contributed by atoms with van der Waals surface area (Å²) in [4.78, 5) is 23.0. The lowest BCUT2D eigenvalue weighted by atomic mass is 10.2. The van der Waals surface area contributed by atoms with Crippen LogP contribution in [0.15, 0.2) is 54.6 Å². The van der Waals surface area contributed by atoms with Gasteiger partial charge in [-0.1, -0.05) is 30.3 Å². The summed E-state index contributed by atoms with van der Waals surface area (Å²) in [7, 11) is 0. The molecule has 2 amide bonds. The zero-order valence-corrected chi connectivity index (χ0v) is 12.5. The fourth-order valence-electron chi connectivity index (χ4n) is 1.81. The SMILES string of the molecule is O=C(NCCO)C(=O)Nc1ccc(OCc2ccccc2)cc1. The molecule has 6 heteroatoms. The van der Waals surface area contributed by atoms with Gasteiger partial charge in [0.05, 0.1) is 6.61 Å². The largest absolute Gasteiger partial charge is 0.489 e. The number of nitrogens with one attached hydrogen (secondary N) is 2. The van der Waals surface area contributed by atoms with Crippen molar-refractivity contribution in [2.75, 3.05) is 18.5 Å². The summed E-state index contributed by atoms with van der Waals surface area (Å²) in [6, 6.07) is 16.5. The zero-order valence-electron chi connectivity index (χ0n) is 12.5. The van der Waals surface area contributed by atoms with Gasteiger partial charge in [-0.3, -0.25) is 9.59 Å². The second-order valence-electron chi connectivity index (χ2n) is 4.73. The lowest BCUT2D eigenvalue weighted by Gasteiger charge is -2.08. The molecular formula is C17H18N2O4. The van der Waals surface area contributed by atoms with Gasteiger partial charge >= 0.3 is 11.8 Å². The van der Waals surface area contributed by atoms with E-state index in [-0.39, 0.29) is 13.2 Å². The van der Waals surface area contributed by atoms with Gasteiger partial charge in [-0.2, -0.15) is 0 Å². The van der Waals surface area contributed by atoms with E-state index in [1.807, 2.05) is 30.3 Å². The van der Waals surface area contributed by atoms with Gasteiger partial charge in [-0.15, -0.1) is 0 Å². The van der Waals surface area contributed by atoms with Crippen molar-refractivity contribution in [3.63, 3.8) is 0 Å². The number of carbonyl (C=O) groups is 2. The van der Waals surface area contributed by atoms with E-state index < -0.39 is 11.8 Å². The molecule has 6 nitrogen and oxygen atoms in total. The molecule has 0 aliphatic rings. The van der Waals surface area contributed by atoms with Crippen LogP contribution >= 0.6 is 0 Å². The molecule has 0 saturated heterocycles. The van der Waals surface area contributed by atoms with Crippen LogP contribution in [0.5, 0.6) is 5.75 Å². The van der Waals surface area contributed by atoms with E-state index in [1.54, 1.807) is 24.3 Å². The number of carbonyl (C=O) groups excluding carboxylic acids is 2. The van der Waals surface area contributed by atoms with Crippen LogP contribution in [0.2, 0.25) is 0 Å². The Morgan fingerprint density at radius 3 is 2.30 bits per heavy atom. The monoisotopic (exact) mass is 314 g/mol. The molecule has 0 spiro atoms. The summed E-state index contributed by atoms with van der Waals surface area (Å²) < 4.78 is 5.63. The van der Waals surface area contributed by atoms with E-state index >= 15 is 0 Å². The van der Waals surface area contributed by atoms with Gasteiger partial charge in [0.25, 0.3) is 0 Å². The minimum Gasteiger partial charge on any atom is -0.489 e. The first-order valence-corrected chi connectivity index (χ1v) is 7.16. The van der Waals surface area contributed by atoms with E-state index in [2.05, 4.69) is 10.6 Å². The second kappa shape index (κ2) is 8.55. The molecule has 0 unspecified atom stereocenters. The summed E-state index contributed by atoms with van der Waals surface area (Å²) >= 11 is 0. The number of benzene rings is 2. The molecule has 0 heterocycles. The second-order valence-corrected chi connectivity index (χ2v) is 4.73. The summed E-state index contributed by atoms with van der Waals surface area (Å²) in [6.07, 6.45) is 0. The van der Waals surface area contributed by atoms with Crippen molar-refractivity contribution in [1.82, 2.24) is 5.32 Å². The maximum Gasteiger partial charge on any atom is 0.313 e. The minimum absolute atomic E-state index is 0.0402. The number of aliphatic hydroxyl groups is 1. The maximum atomic E-state index is 11.6. The maximum absolute atomic E-state index is 11.6. The first kappa shape index (κ1) is 16.5. The third-order valence-electron chi connectivity index (χ3n) is 2.96. The fourth-order valence-corrected chi connectivity index (χ4v) is 1.81. The first-order valence-electron chi connectivity index (χ1n) is 7.16. The average molecular weight is 314 g/mol. The molecule has 2 aromatic rings. The van der Waals surface area contributed by atoms with Crippen LogP contribution in [0.25, 0.3) is 0 Å². The number of rotatable bonds is 6. The Kier molecular flexibility index (Phi) is 6.14. The average Bonchev–Trinajstić information content (AvgIpc) is 2.60. The highest BCUT2D eigenvalue weighted by molar-refractivity contribution is 6.39. The topological polar surface area (TPSA) is 87.7 Å². The molecule has 2 aromatic carbocycles. The number of hydrogen-bond acceptors (Lipinski definition) is 4. The molecule has 0 radical (unpaired) electrons.